The Morgan fingerprint density at radius 2 is 1.66 bits per heavy atom. The highest BCUT2D eigenvalue weighted by atomic mass is 32.1. The number of benzene rings is 3. The number of carbonyl (C=O) groups excluding carboxylic acids is 1. The monoisotopic (exact) mass is 397 g/mol. The van der Waals surface area contributed by atoms with Gasteiger partial charge >= 0.3 is 0 Å². The Hall–Kier alpha value is -2.91. The average Bonchev–Trinajstić information content (AvgIpc) is 3.13. The van der Waals surface area contributed by atoms with Crippen LogP contribution < -0.4 is 0 Å². The lowest BCUT2D eigenvalue weighted by molar-refractivity contribution is 0.0739. The molecule has 1 aliphatic heterocycles. The Morgan fingerprint density at radius 1 is 0.931 bits per heavy atom. The summed E-state index contributed by atoms with van der Waals surface area (Å²) in [5.41, 5.74) is 6.31. The first kappa shape index (κ1) is 18.1. The Morgan fingerprint density at radius 3 is 2.48 bits per heavy atom. The molecule has 5 rings (SSSR count). The van der Waals surface area contributed by atoms with Crippen LogP contribution in [-0.2, 0) is 19.4 Å². The molecule has 0 N–H and O–H groups in total. The van der Waals surface area contributed by atoms with Crippen LogP contribution in [0.4, 0.5) is 0 Å². The molecule has 2 heterocycles. The molecule has 1 aliphatic rings. The van der Waals surface area contributed by atoms with E-state index in [2.05, 4.69) is 79.7 Å². The van der Waals surface area contributed by atoms with E-state index in [1.54, 1.807) is 11.3 Å². The smallest absolute Gasteiger partial charge is 0.264 e. The summed E-state index contributed by atoms with van der Waals surface area (Å²) in [5, 5.41) is 1.21. The minimum Gasteiger partial charge on any atom is -0.333 e. The van der Waals surface area contributed by atoms with E-state index in [1.165, 1.54) is 37.9 Å². The highest BCUT2D eigenvalue weighted by Gasteiger charge is 2.26. The molecule has 0 spiro atoms. The second kappa shape index (κ2) is 7.49. The highest BCUT2D eigenvalue weighted by molar-refractivity contribution is 7.21. The van der Waals surface area contributed by atoms with E-state index >= 15 is 0 Å². The van der Waals surface area contributed by atoms with Crippen molar-refractivity contribution in [2.45, 2.75) is 26.3 Å². The van der Waals surface area contributed by atoms with Gasteiger partial charge in [0, 0.05) is 17.8 Å². The maximum Gasteiger partial charge on any atom is 0.264 e. The predicted octanol–water partition coefficient (Wildman–Crippen LogP) is 6.00. The minimum absolute atomic E-state index is 0.169. The first-order chi connectivity index (χ1) is 14.2. The lowest BCUT2D eigenvalue weighted by Gasteiger charge is -2.29. The molecule has 0 saturated heterocycles. The largest absolute Gasteiger partial charge is 0.333 e. The van der Waals surface area contributed by atoms with E-state index in [9.17, 15) is 4.79 Å². The number of nitrogens with zero attached hydrogens (tertiary/aromatic N) is 1. The van der Waals surface area contributed by atoms with Gasteiger partial charge in [0.25, 0.3) is 5.91 Å². The van der Waals surface area contributed by atoms with Gasteiger partial charge in [-0.05, 0) is 53.5 Å². The van der Waals surface area contributed by atoms with Gasteiger partial charge < -0.3 is 4.90 Å². The third-order valence-electron chi connectivity index (χ3n) is 5.81. The van der Waals surface area contributed by atoms with Gasteiger partial charge in [-0.2, -0.15) is 0 Å². The Kier molecular flexibility index (Phi) is 4.69. The third-order valence-corrected chi connectivity index (χ3v) is 7.01. The maximum absolute atomic E-state index is 13.6. The normalized spacial score (nSPS) is 13.5. The van der Waals surface area contributed by atoms with Crippen LogP contribution in [0.2, 0.25) is 0 Å². The van der Waals surface area contributed by atoms with Crippen LogP contribution in [0.25, 0.3) is 10.1 Å². The van der Waals surface area contributed by atoms with Crippen molar-refractivity contribution in [1.29, 1.82) is 0 Å². The number of carbonyl (C=O) groups is 1. The number of hydrogen-bond donors (Lipinski definition) is 0. The summed E-state index contributed by atoms with van der Waals surface area (Å²) >= 11 is 1.64. The van der Waals surface area contributed by atoms with E-state index in [1.807, 2.05) is 4.90 Å². The van der Waals surface area contributed by atoms with Crippen molar-refractivity contribution >= 4 is 27.3 Å². The molecule has 0 unspecified atom stereocenters. The van der Waals surface area contributed by atoms with Crippen molar-refractivity contribution in [3.05, 3.63) is 105 Å². The molecule has 3 aromatic carbocycles. The Labute approximate surface area is 175 Å². The first-order valence-electron chi connectivity index (χ1n) is 10.1. The van der Waals surface area contributed by atoms with Crippen LogP contribution in [0.1, 0.15) is 37.5 Å². The molecule has 29 heavy (non-hydrogen) atoms. The standard InChI is InChI=1S/C26H23NOS/c1-18-10-12-19(13-11-18)16-23-22-8-4-5-9-24(22)29-25(23)26(28)27-15-14-20-6-2-3-7-21(20)17-27/h2-13H,14-17H2,1H3. The number of aryl methyl sites for hydroxylation is 1. The van der Waals surface area contributed by atoms with E-state index < -0.39 is 0 Å². The van der Waals surface area contributed by atoms with Crippen molar-refractivity contribution in [2.24, 2.45) is 0 Å². The SMILES string of the molecule is Cc1ccc(Cc2c(C(=O)N3CCc4ccccc4C3)sc3ccccc23)cc1. The molecule has 0 fully saturated rings. The first-order valence-corrected chi connectivity index (χ1v) is 10.9. The maximum atomic E-state index is 13.6. The van der Waals surface area contributed by atoms with Gasteiger partial charge in [-0.3, -0.25) is 4.79 Å². The molecule has 4 aromatic rings. The predicted molar refractivity (Wildman–Crippen MR) is 121 cm³/mol. The number of hydrogen-bond acceptors (Lipinski definition) is 2. The number of fused-ring (bicyclic) bond motifs is 2. The fourth-order valence-electron chi connectivity index (χ4n) is 4.17. The van der Waals surface area contributed by atoms with Gasteiger partial charge in [-0.25, -0.2) is 0 Å². The molecular formula is C26H23NOS. The molecule has 1 amide bonds. The molecule has 0 saturated carbocycles. The zero-order valence-electron chi connectivity index (χ0n) is 16.5. The quantitative estimate of drug-likeness (QED) is 0.415. The zero-order valence-corrected chi connectivity index (χ0v) is 17.3. The van der Waals surface area contributed by atoms with Crippen LogP contribution in [0.5, 0.6) is 0 Å². The topological polar surface area (TPSA) is 20.3 Å². The van der Waals surface area contributed by atoms with Crippen LogP contribution in [0.3, 0.4) is 0 Å². The molecule has 0 atom stereocenters. The summed E-state index contributed by atoms with van der Waals surface area (Å²) in [6.07, 6.45) is 1.72. The number of thiophene rings is 1. The molecule has 1 aromatic heterocycles. The highest BCUT2D eigenvalue weighted by Crippen LogP contribution is 2.35. The summed E-state index contributed by atoms with van der Waals surface area (Å²) in [4.78, 5) is 16.5. The lowest BCUT2D eigenvalue weighted by Crippen LogP contribution is -2.35. The minimum atomic E-state index is 0.169. The second-order valence-electron chi connectivity index (χ2n) is 7.81. The number of amides is 1. The van der Waals surface area contributed by atoms with Crippen molar-refractivity contribution in [1.82, 2.24) is 4.90 Å². The van der Waals surface area contributed by atoms with Gasteiger partial charge in [0.2, 0.25) is 0 Å². The van der Waals surface area contributed by atoms with Gasteiger partial charge in [0.1, 0.15) is 0 Å². The molecule has 0 radical (unpaired) electrons. The van der Waals surface area contributed by atoms with Gasteiger partial charge in [0.05, 0.1) is 4.88 Å². The van der Waals surface area contributed by atoms with Crippen LogP contribution in [-0.4, -0.2) is 17.4 Å². The fourth-order valence-corrected chi connectivity index (χ4v) is 5.36. The Balaban J connectivity index is 1.52. The summed E-state index contributed by atoms with van der Waals surface area (Å²) in [6, 6.07) is 25.5. The fraction of sp³-hybridized carbons (Fsp3) is 0.192. The van der Waals surface area contributed by atoms with E-state index in [0.717, 1.165) is 24.3 Å². The summed E-state index contributed by atoms with van der Waals surface area (Å²) in [5.74, 6) is 0.169. The zero-order chi connectivity index (χ0) is 19.8. The molecule has 0 bridgehead atoms. The van der Waals surface area contributed by atoms with Crippen LogP contribution >= 0.6 is 11.3 Å². The molecular weight excluding hydrogens is 374 g/mol. The van der Waals surface area contributed by atoms with Crippen LogP contribution in [0, 0.1) is 6.92 Å². The lowest BCUT2D eigenvalue weighted by atomic mass is 9.98. The Bertz CT molecular complexity index is 1190. The average molecular weight is 398 g/mol. The van der Waals surface area contributed by atoms with Crippen LogP contribution in [0.15, 0.2) is 72.8 Å². The summed E-state index contributed by atoms with van der Waals surface area (Å²) in [7, 11) is 0. The van der Waals surface area contributed by atoms with Crippen molar-refractivity contribution in [3.8, 4) is 0 Å². The molecule has 3 heteroatoms. The van der Waals surface area contributed by atoms with Crippen molar-refractivity contribution < 1.29 is 4.79 Å². The second-order valence-corrected chi connectivity index (χ2v) is 8.87. The van der Waals surface area contributed by atoms with Gasteiger partial charge in [-0.1, -0.05) is 72.3 Å². The third kappa shape index (κ3) is 3.47. The van der Waals surface area contributed by atoms with E-state index in [4.69, 9.17) is 0 Å². The van der Waals surface area contributed by atoms with E-state index in [0.29, 0.717) is 6.54 Å². The van der Waals surface area contributed by atoms with E-state index in [-0.39, 0.29) is 5.91 Å². The van der Waals surface area contributed by atoms with Crippen molar-refractivity contribution in [2.75, 3.05) is 6.54 Å². The molecule has 2 nitrogen and oxygen atoms in total. The molecule has 0 aliphatic carbocycles. The van der Waals surface area contributed by atoms with Crippen molar-refractivity contribution in [3.63, 3.8) is 0 Å². The number of rotatable bonds is 3. The summed E-state index contributed by atoms with van der Waals surface area (Å²) in [6.45, 7) is 3.59. The molecule has 144 valence electrons. The van der Waals surface area contributed by atoms with Gasteiger partial charge in [-0.15, -0.1) is 11.3 Å². The van der Waals surface area contributed by atoms with Gasteiger partial charge in [0.15, 0.2) is 0 Å². The summed E-state index contributed by atoms with van der Waals surface area (Å²) < 4.78 is 1.19.